The summed E-state index contributed by atoms with van der Waals surface area (Å²) in [5.41, 5.74) is 2.18. The number of esters is 1. The van der Waals surface area contributed by atoms with Gasteiger partial charge in [-0.1, -0.05) is 17.7 Å². The fourth-order valence-corrected chi connectivity index (χ4v) is 3.70. The highest BCUT2D eigenvalue weighted by Gasteiger charge is 2.22. The first-order valence-electron chi connectivity index (χ1n) is 8.57. The van der Waals surface area contributed by atoms with E-state index in [-0.39, 0.29) is 34.7 Å². The third kappa shape index (κ3) is 3.21. The summed E-state index contributed by atoms with van der Waals surface area (Å²) < 4.78 is 6.81. The number of nitrogens with zero attached hydrogens (tertiary/aromatic N) is 2. The van der Waals surface area contributed by atoms with Crippen LogP contribution in [0.2, 0.25) is 5.02 Å². The molecule has 0 bridgehead atoms. The van der Waals surface area contributed by atoms with Crippen molar-refractivity contribution < 1.29 is 14.6 Å². The zero-order valence-corrected chi connectivity index (χ0v) is 16.4. The number of aromatic nitrogens is 1. The van der Waals surface area contributed by atoms with Gasteiger partial charge in [0.2, 0.25) is 5.43 Å². The third-order valence-electron chi connectivity index (χ3n) is 4.43. The zero-order valence-electron chi connectivity index (χ0n) is 15.7. The Morgan fingerprint density at radius 1 is 1.30 bits per heavy atom. The van der Waals surface area contributed by atoms with Crippen molar-refractivity contribution >= 4 is 45.1 Å². The molecule has 0 unspecified atom stereocenters. The van der Waals surface area contributed by atoms with Gasteiger partial charge < -0.3 is 19.3 Å². The number of phenols is 1. The van der Waals surface area contributed by atoms with Crippen LogP contribution in [0, 0.1) is 6.92 Å². The Balaban J connectivity index is 2.58. The minimum absolute atomic E-state index is 0.106. The second kappa shape index (κ2) is 7.12. The zero-order chi connectivity index (χ0) is 19.9. The first-order valence-corrected chi connectivity index (χ1v) is 8.95. The second-order valence-corrected chi connectivity index (χ2v) is 6.99. The third-order valence-corrected chi connectivity index (χ3v) is 4.72. The number of pyridine rings is 1. The number of carbonyl (C=O) groups excluding carboxylic acids is 1. The molecule has 7 heteroatoms. The lowest BCUT2D eigenvalue weighted by molar-refractivity contribution is -0.143. The van der Waals surface area contributed by atoms with E-state index in [0.29, 0.717) is 22.1 Å². The Labute approximate surface area is 161 Å². The number of fused-ring (bicyclic) bond motifs is 2. The lowest BCUT2D eigenvalue weighted by atomic mass is 10.0. The molecule has 0 aliphatic carbocycles. The van der Waals surface area contributed by atoms with E-state index in [1.54, 1.807) is 36.6 Å². The van der Waals surface area contributed by atoms with Crippen LogP contribution < -0.4 is 10.3 Å². The Morgan fingerprint density at radius 2 is 2.00 bits per heavy atom. The SMILES string of the molecule is CCOC(=O)Cn1c2cc(C)ccc2c(=O)c2c(O)cc(Cl)c(N(C)C)c21. The van der Waals surface area contributed by atoms with E-state index in [4.69, 9.17) is 16.3 Å². The van der Waals surface area contributed by atoms with Crippen molar-refractivity contribution in [2.75, 3.05) is 25.6 Å². The molecule has 0 radical (unpaired) electrons. The first kappa shape index (κ1) is 19.0. The Morgan fingerprint density at radius 3 is 2.63 bits per heavy atom. The van der Waals surface area contributed by atoms with Crippen LogP contribution in [0.3, 0.4) is 0 Å². The molecule has 0 aliphatic rings. The average molecular weight is 389 g/mol. The van der Waals surface area contributed by atoms with Gasteiger partial charge in [0.25, 0.3) is 0 Å². The van der Waals surface area contributed by atoms with Gasteiger partial charge in [-0.15, -0.1) is 0 Å². The van der Waals surface area contributed by atoms with Crippen molar-refractivity contribution in [3.05, 3.63) is 45.1 Å². The van der Waals surface area contributed by atoms with Crippen molar-refractivity contribution in [2.24, 2.45) is 0 Å². The molecule has 0 saturated carbocycles. The standard InChI is InChI=1S/C20H21ClN2O4/c1-5-27-16(25)10-23-14-8-11(2)6-7-12(14)20(26)17-15(24)9-13(21)18(19(17)23)22(3)4/h6-9,24H,5,10H2,1-4H3. The molecule has 1 aromatic heterocycles. The number of halogens is 1. The maximum atomic E-state index is 13.1. The summed E-state index contributed by atoms with van der Waals surface area (Å²) >= 11 is 6.37. The number of aryl methyl sites for hydroxylation is 1. The molecular weight excluding hydrogens is 368 g/mol. The maximum absolute atomic E-state index is 13.1. The van der Waals surface area contributed by atoms with Crippen molar-refractivity contribution in [1.29, 1.82) is 0 Å². The van der Waals surface area contributed by atoms with Crippen LogP contribution in [0.1, 0.15) is 12.5 Å². The van der Waals surface area contributed by atoms with Crippen molar-refractivity contribution in [1.82, 2.24) is 4.57 Å². The number of benzene rings is 2. The lowest BCUT2D eigenvalue weighted by Gasteiger charge is -2.23. The van der Waals surface area contributed by atoms with Crippen LogP contribution in [0.5, 0.6) is 5.75 Å². The molecular formula is C20H21ClN2O4. The van der Waals surface area contributed by atoms with Crippen molar-refractivity contribution in [3.8, 4) is 5.75 Å². The number of ether oxygens (including phenoxy) is 1. The molecule has 3 rings (SSSR count). The van der Waals surface area contributed by atoms with Gasteiger partial charge in [-0.3, -0.25) is 9.59 Å². The molecule has 0 aliphatic heterocycles. The smallest absolute Gasteiger partial charge is 0.325 e. The van der Waals surface area contributed by atoms with Gasteiger partial charge in [0, 0.05) is 25.5 Å². The second-order valence-electron chi connectivity index (χ2n) is 6.59. The summed E-state index contributed by atoms with van der Waals surface area (Å²) in [4.78, 5) is 27.2. The highest BCUT2D eigenvalue weighted by atomic mass is 35.5. The summed E-state index contributed by atoms with van der Waals surface area (Å²) in [5.74, 6) is -0.653. The van der Waals surface area contributed by atoms with E-state index in [2.05, 4.69) is 0 Å². The number of hydrogen-bond donors (Lipinski definition) is 1. The minimum Gasteiger partial charge on any atom is -0.507 e. The van der Waals surface area contributed by atoms with Crippen molar-refractivity contribution in [2.45, 2.75) is 20.4 Å². The fraction of sp³-hybridized carbons (Fsp3) is 0.300. The minimum atomic E-state index is -0.436. The van der Waals surface area contributed by atoms with E-state index in [1.165, 1.54) is 6.07 Å². The first-order chi connectivity index (χ1) is 12.8. The number of anilines is 1. The summed E-state index contributed by atoms with van der Waals surface area (Å²) in [6.45, 7) is 3.79. The van der Waals surface area contributed by atoms with Crippen LogP contribution in [-0.2, 0) is 16.1 Å². The molecule has 0 fully saturated rings. The molecule has 3 aromatic rings. The van der Waals surface area contributed by atoms with Crippen LogP contribution >= 0.6 is 11.6 Å². The molecule has 142 valence electrons. The van der Waals surface area contributed by atoms with Gasteiger partial charge in [-0.05, 0) is 31.5 Å². The number of hydrogen-bond acceptors (Lipinski definition) is 5. The highest BCUT2D eigenvalue weighted by Crippen LogP contribution is 2.39. The number of rotatable bonds is 4. The van der Waals surface area contributed by atoms with Crippen LogP contribution in [0.4, 0.5) is 5.69 Å². The highest BCUT2D eigenvalue weighted by molar-refractivity contribution is 6.35. The van der Waals surface area contributed by atoms with E-state index >= 15 is 0 Å². The molecule has 1 N–H and O–H groups in total. The van der Waals surface area contributed by atoms with E-state index in [9.17, 15) is 14.7 Å². The van der Waals surface area contributed by atoms with Gasteiger partial charge >= 0.3 is 5.97 Å². The van der Waals surface area contributed by atoms with E-state index in [1.807, 2.05) is 19.1 Å². The maximum Gasteiger partial charge on any atom is 0.325 e. The predicted molar refractivity (Wildman–Crippen MR) is 108 cm³/mol. The van der Waals surface area contributed by atoms with Gasteiger partial charge in [0.1, 0.15) is 12.3 Å². The average Bonchev–Trinajstić information content (AvgIpc) is 2.57. The normalized spacial score (nSPS) is 11.1. The molecule has 2 aromatic carbocycles. The van der Waals surface area contributed by atoms with Gasteiger partial charge in [-0.2, -0.15) is 0 Å². The number of aromatic hydroxyl groups is 1. The largest absolute Gasteiger partial charge is 0.507 e. The molecule has 0 spiro atoms. The summed E-state index contributed by atoms with van der Waals surface area (Å²) in [5, 5.41) is 11.3. The van der Waals surface area contributed by atoms with Gasteiger partial charge in [0.05, 0.1) is 33.7 Å². The summed E-state index contributed by atoms with van der Waals surface area (Å²) in [6.07, 6.45) is 0. The molecule has 1 heterocycles. The summed E-state index contributed by atoms with van der Waals surface area (Å²) in [7, 11) is 3.58. The van der Waals surface area contributed by atoms with E-state index < -0.39 is 5.97 Å². The number of phenolic OH excluding ortho intramolecular Hbond substituents is 1. The molecule has 0 saturated heterocycles. The topological polar surface area (TPSA) is 71.8 Å². The Hall–Kier alpha value is -2.73. The monoisotopic (exact) mass is 388 g/mol. The van der Waals surface area contributed by atoms with Gasteiger partial charge in [0.15, 0.2) is 0 Å². The number of carbonyl (C=O) groups is 1. The quantitative estimate of drug-likeness (QED) is 0.547. The van der Waals surface area contributed by atoms with Crippen LogP contribution in [0.15, 0.2) is 29.1 Å². The van der Waals surface area contributed by atoms with E-state index in [0.717, 1.165) is 5.56 Å². The lowest BCUT2D eigenvalue weighted by Crippen LogP contribution is -2.21. The molecule has 0 amide bonds. The molecule has 0 atom stereocenters. The van der Waals surface area contributed by atoms with Crippen LogP contribution in [0.25, 0.3) is 21.8 Å². The fourth-order valence-electron chi connectivity index (χ4n) is 3.34. The van der Waals surface area contributed by atoms with Gasteiger partial charge in [-0.25, -0.2) is 0 Å². The molecule has 6 nitrogen and oxygen atoms in total. The van der Waals surface area contributed by atoms with Crippen LogP contribution in [-0.4, -0.2) is 36.3 Å². The Bertz CT molecular complexity index is 1120. The molecule has 27 heavy (non-hydrogen) atoms. The predicted octanol–water partition coefficient (Wildman–Crippen LogP) is 3.45. The summed E-state index contributed by atoms with van der Waals surface area (Å²) in [6, 6.07) is 6.73. The van der Waals surface area contributed by atoms with Crippen molar-refractivity contribution in [3.63, 3.8) is 0 Å². The Kier molecular flexibility index (Phi) is 5.02.